The fraction of sp³-hybridized carbons (Fsp3) is 0.412. The van der Waals surface area contributed by atoms with Gasteiger partial charge in [-0.25, -0.2) is 0 Å². The van der Waals surface area contributed by atoms with E-state index >= 15 is 0 Å². The molecule has 1 aliphatic rings. The molecule has 1 aromatic rings. The second-order valence-electron chi connectivity index (χ2n) is 5.49. The molecule has 0 aliphatic heterocycles. The lowest BCUT2D eigenvalue weighted by atomic mass is 10.0. The number of aliphatic carboxylic acids is 1. The Bertz CT molecular complexity index is 533. The quantitative estimate of drug-likeness (QED) is 0.818. The molecule has 0 aromatic heterocycles. The van der Waals surface area contributed by atoms with Crippen molar-refractivity contribution in [3.63, 3.8) is 0 Å². The molecule has 0 spiro atoms. The van der Waals surface area contributed by atoms with E-state index in [1.54, 1.807) is 4.90 Å². The summed E-state index contributed by atoms with van der Waals surface area (Å²) in [4.78, 5) is 24.9. The van der Waals surface area contributed by atoms with Crippen molar-refractivity contribution in [2.24, 2.45) is 5.92 Å². The average molecular weight is 287 g/mol. The first kappa shape index (κ1) is 15.3. The van der Waals surface area contributed by atoms with Gasteiger partial charge in [0, 0.05) is 18.7 Å². The summed E-state index contributed by atoms with van der Waals surface area (Å²) in [6.45, 7) is 2.20. The third-order valence-electron chi connectivity index (χ3n) is 3.75. The van der Waals surface area contributed by atoms with Crippen molar-refractivity contribution in [2.75, 3.05) is 11.4 Å². The van der Waals surface area contributed by atoms with Crippen molar-refractivity contribution in [3.8, 4) is 0 Å². The summed E-state index contributed by atoms with van der Waals surface area (Å²) in [6, 6.07) is 7.62. The highest BCUT2D eigenvalue weighted by atomic mass is 16.4. The molecule has 2 rings (SSSR count). The number of anilines is 1. The number of aryl methyl sites for hydroxylation is 1. The minimum Gasteiger partial charge on any atom is -0.481 e. The van der Waals surface area contributed by atoms with Crippen molar-refractivity contribution in [3.05, 3.63) is 42.0 Å². The summed E-state index contributed by atoms with van der Waals surface area (Å²) in [5.41, 5.74) is 1.89. The van der Waals surface area contributed by atoms with Gasteiger partial charge in [0.25, 0.3) is 0 Å². The van der Waals surface area contributed by atoms with E-state index in [0.29, 0.717) is 6.42 Å². The number of carboxylic acids is 1. The SMILES string of the molecule is Cc1ccc(N(CCC(=O)O)C(=O)CC2C=CCC2)cc1. The highest BCUT2D eigenvalue weighted by Crippen LogP contribution is 2.24. The molecule has 4 heteroatoms. The second kappa shape index (κ2) is 7.07. The Balaban J connectivity index is 2.10. The summed E-state index contributed by atoms with van der Waals surface area (Å²) < 4.78 is 0. The molecule has 0 heterocycles. The van der Waals surface area contributed by atoms with E-state index in [-0.39, 0.29) is 24.8 Å². The van der Waals surface area contributed by atoms with E-state index in [2.05, 4.69) is 12.2 Å². The number of carbonyl (C=O) groups is 2. The minimum absolute atomic E-state index is 0.00310. The van der Waals surface area contributed by atoms with E-state index in [4.69, 9.17) is 5.11 Å². The largest absolute Gasteiger partial charge is 0.481 e. The zero-order valence-corrected chi connectivity index (χ0v) is 12.3. The van der Waals surface area contributed by atoms with Gasteiger partial charge in [-0.15, -0.1) is 0 Å². The third-order valence-corrected chi connectivity index (χ3v) is 3.75. The number of carbonyl (C=O) groups excluding carboxylic acids is 1. The van der Waals surface area contributed by atoms with Crippen LogP contribution in [-0.4, -0.2) is 23.5 Å². The molecular weight excluding hydrogens is 266 g/mol. The standard InChI is InChI=1S/C17H21NO3/c1-13-6-8-15(9-7-13)18(11-10-17(20)21)16(19)12-14-4-2-3-5-14/h2,4,6-9,14H,3,5,10-12H2,1H3,(H,20,21). The highest BCUT2D eigenvalue weighted by Gasteiger charge is 2.21. The van der Waals surface area contributed by atoms with Crippen molar-refractivity contribution in [2.45, 2.75) is 32.6 Å². The van der Waals surface area contributed by atoms with Gasteiger partial charge in [-0.3, -0.25) is 9.59 Å². The first-order valence-electron chi connectivity index (χ1n) is 7.32. The zero-order chi connectivity index (χ0) is 15.2. The van der Waals surface area contributed by atoms with Crippen LogP contribution in [0.1, 0.15) is 31.2 Å². The van der Waals surface area contributed by atoms with Crippen molar-refractivity contribution in [1.82, 2.24) is 0 Å². The van der Waals surface area contributed by atoms with Gasteiger partial charge in [-0.1, -0.05) is 29.8 Å². The van der Waals surface area contributed by atoms with E-state index in [1.165, 1.54) is 0 Å². The van der Waals surface area contributed by atoms with Gasteiger partial charge in [0.15, 0.2) is 0 Å². The third kappa shape index (κ3) is 4.45. The van der Waals surface area contributed by atoms with Gasteiger partial charge in [-0.05, 0) is 37.8 Å². The Morgan fingerprint density at radius 1 is 1.29 bits per heavy atom. The number of hydrogen-bond donors (Lipinski definition) is 1. The van der Waals surface area contributed by atoms with Crippen LogP contribution in [0.5, 0.6) is 0 Å². The molecule has 112 valence electrons. The molecule has 1 N–H and O–H groups in total. The molecule has 0 saturated heterocycles. The number of nitrogens with zero attached hydrogens (tertiary/aromatic N) is 1. The number of benzene rings is 1. The van der Waals surface area contributed by atoms with Crippen LogP contribution in [0.2, 0.25) is 0 Å². The summed E-state index contributed by atoms with van der Waals surface area (Å²) >= 11 is 0. The van der Waals surface area contributed by atoms with Crippen LogP contribution in [0.25, 0.3) is 0 Å². The van der Waals surface area contributed by atoms with Gasteiger partial charge >= 0.3 is 5.97 Å². The molecule has 1 aromatic carbocycles. The topological polar surface area (TPSA) is 57.6 Å². The summed E-state index contributed by atoms with van der Waals surface area (Å²) in [5.74, 6) is -0.604. The second-order valence-corrected chi connectivity index (χ2v) is 5.49. The van der Waals surface area contributed by atoms with Crippen LogP contribution in [0, 0.1) is 12.8 Å². The normalized spacial score (nSPS) is 16.9. The van der Waals surface area contributed by atoms with E-state index in [1.807, 2.05) is 31.2 Å². The summed E-state index contributed by atoms with van der Waals surface area (Å²) in [7, 11) is 0. The monoisotopic (exact) mass is 287 g/mol. The molecule has 0 fully saturated rings. The number of amides is 1. The summed E-state index contributed by atoms with van der Waals surface area (Å²) in [5, 5.41) is 8.87. The van der Waals surface area contributed by atoms with Crippen molar-refractivity contribution in [1.29, 1.82) is 0 Å². The number of rotatable bonds is 6. The molecule has 0 saturated carbocycles. The molecule has 1 unspecified atom stereocenters. The molecule has 21 heavy (non-hydrogen) atoms. The fourth-order valence-corrected chi connectivity index (χ4v) is 2.53. The first-order chi connectivity index (χ1) is 10.1. The molecule has 0 radical (unpaired) electrons. The van der Waals surface area contributed by atoms with Crippen LogP contribution in [-0.2, 0) is 9.59 Å². The van der Waals surface area contributed by atoms with Crippen LogP contribution >= 0.6 is 0 Å². The lowest BCUT2D eigenvalue weighted by Gasteiger charge is -2.23. The molecule has 1 atom stereocenters. The van der Waals surface area contributed by atoms with Crippen LogP contribution < -0.4 is 4.90 Å². The fourth-order valence-electron chi connectivity index (χ4n) is 2.53. The molecule has 1 aliphatic carbocycles. The maximum Gasteiger partial charge on any atom is 0.305 e. The minimum atomic E-state index is -0.888. The molecule has 0 bridgehead atoms. The van der Waals surface area contributed by atoms with Gasteiger partial charge in [0.05, 0.1) is 6.42 Å². The Morgan fingerprint density at radius 2 is 2.00 bits per heavy atom. The maximum absolute atomic E-state index is 12.5. The molecule has 4 nitrogen and oxygen atoms in total. The van der Waals surface area contributed by atoms with Crippen molar-refractivity contribution < 1.29 is 14.7 Å². The van der Waals surface area contributed by atoms with E-state index in [0.717, 1.165) is 24.1 Å². The summed E-state index contributed by atoms with van der Waals surface area (Å²) in [6.07, 6.45) is 6.63. The Labute approximate surface area is 125 Å². The Hall–Kier alpha value is -2.10. The van der Waals surface area contributed by atoms with E-state index < -0.39 is 5.97 Å². The van der Waals surface area contributed by atoms with Gasteiger partial charge < -0.3 is 10.0 Å². The molecule has 1 amide bonds. The smallest absolute Gasteiger partial charge is 0.305 e. The lowest BCUT2D eigenvalue weighted by molar-refractivity contribution is -0.136. The highest BCUT2D eigenvalue weighted by molar-refractivity contribution is 5.94. The zero-order valence-electron chi connectivity index (χ0n) is 12.3. The van der Waals surface area contributed by atoms with Crippen LogP contribution in [0.15, 0.2) is 36.4 Å². The van der Waals surface area contributed by atoms with Gasteiger partial charge in [0.2, 0.25) is 5.91 Å². The van der Waals surface area contributed by atoms with Gasteiger partial charge in [0.1, 0.15) is 0 Å². The molecular formula is C17H21NO3. The predicted molar refractivity (Wildman–Crippen MR) is 82.3 cm³/mol. The lowest BCUT2D eigenvalue weighted by Crippen LogP contribution is -2.33. The van der Waals surface area contributed by atoms with Gasteiger partial charge in [-0.2, -0.15) is 0 Å². The maximum atomic E-state index is 12.5. The Morgan fingerprint density at radius 3 is 2.57 bits per heavy atom. The Kier molecular flexibility index (Phi) is 5.14. The van der Waals surface area contributed by atoms with Crippen molar-refractivity contribution >= 4 is 17.6 Å². The number of carboxylic acid groups (broad SMARTS) is 1. The number of hydrogen-bond acceptors (Lipinski definition) is 2. The average Bonchev–Trinajstić information content (AvgIpc) is 2.93. The van der Waals surface area contributed by atoms with Crippen LogP contribution in [0.3, 0.4) is 0 Å². The number of allylic oxidation sites excluding steroid dienone is 2. The van der Waals surface area contributed by atoms with Crippen LogP contribution in [0.4, 0.5) is 5.69 Å². The van der Waals surface area contributed by atoms with E-state index in [9.17, 15) is 9.59 Å². The first-order valence-corrected chi connectivity index (χ1v) is 7.32. The predicted octanol–water partition coefficient (Wildman–Crippen LogP) is 3.16.